The molecule has 1 aliphatic heterocycles. The number of carbonyl (C=O) groups is 1. The molecule has 1 saturated heterocycles. The summed E-state index contributed by atoms with van der Waals surface area (Å²) in [4.78, 5) is 12.9. The monoisotopic (exact) mass is 512 g/mol. The van der Waals surface area contributed by atoms with Gasteiger partial charge in [0.2, 0.25) is 0 Å². The van der Waals surface area contributed by atoms with Gasteiger partial charge in [0.05, 0.1) is 16.5 Å². The smallest absolute Gasteiger partial charge is 0.260 e. The summed E-state index contributed by atoms with van der Waals surface area (Å²) in [5, 5.41) is 16.3. The van der Waals surface area contributed by atoms with E-state index in [-0.39, 0.29) is 17.2 Å². The first-order valence-electron chi connectivity index (χ1n) is 8.22. The summed E-state index contributed by atoms with van der Waals surface area (Å²) in [5.41, 5.74) is 2.68. The Morgan fingerprint density at radius 1 is 1.30 bits per heavy atom. The van der Waals surface area contributed by atoms with E-state index in [1.165, 1.54) is 24.4 Å². The Kier molecular flexibility index (Phi) is 6.39. The Morgan fingerprint density at radius 2 is 2.00 bits per heavy atom. The number of phenols is 1. The van der Waals surface area contributed by atoms with Crippen LogP contribution in [0.4, 0.5) is 5.69 Å². The zero-order valence-electron chi connectivity index (χ0n) is 14.7. The summed E-state index contributed by atoms with van der Waals surface area (Å²) in [6, 6.07) is 9.82. The number of halogens is 2. The second kappa shape index (κ2) is 8.58. The highest BCUT2D eigenvalue weighted by Gasteiger charge is 2.27. The van der Waals surface area contributed by atoms with Gasteiger partial charge < -0.3 is 20.5 Å². The molecule has 0 saturated carbocycles. The number of aromatic hydroxyl groups is 1. The van der Waals surface area contributed by atoms with Gasteiger partial charge >= 0.3 is 0 Å². The number of ether oxygens (including phenoxy) is 1. The van der Waals surface area contributed by atoms with Crippen molar-refractivity contribution in [3.05, 3.63) is 55.3 Å². The molecular weight excluding hydrogens is 496 g/mol. The summed E-state index contributed by atoms with van der Waals surface area (Å²) in [6.45, 7) is 2.11. The number of benzene rings is 2. The molecule has 1 atom stereocenters. The number of thioether (sulfide) groups is 1. The second-order valence-electron chi connectivity index (χ2n) is 5.82. The van der Waals surface area contributed by atoms with E-state index in [1.54, 1.807) is 12.1 Å². The van der Waals surface area contributed by atoms with Crippen LogP contribution in [0.5, 0.6) is 11.5 Å². The number of aryl methyl sites for hydroxylation is 1. The number of carbonyl (C=O) groups excluding carboxylic acids is 1. The molecule has 0 radical (unpaired) electrons. The van der Waals surface area contributed by atoms with Gasteiger partial charge in [-0.1, -0.05) is 30.8 Å². The number of amides is 1. The molecule has 3 N–H and O–H groups in total. The molecule has 0 aliphatic carbocycles. The lowest BCUT2D eigenvalue weighted by molar-refractivity contribution is -0.116. The quantitative estimate of drug-likeness (QED) is 0.486. The van der Waals surface area contributed by atoms with Crippen molar-refractivity contribution in [3.63, 3.8) is 0 Å². The van der Waals surface area contributed by atoms with Crippen molar-refractivity contribution in [2.45, 2.75) is 18.8 Å². The van der Waals surface area contributed by atoms with E-state index < -0.39 is 0 Å². The molecule has 0 spiro atoms. The number of hydrogen-bond acceptors (Lipinski definition) is 5. The summed E-state index contributed by atoms with van der Waals surface area (Å²) < 4.78 is 6.30. The highest BCUT2D eigenvalue weighted by Crippen LogP contribution is 2.43. The van der Waals surface area contributed by atoms with Crippen LogP contribution in [-0.4, -0.2) is 23.6 Å². The number of hydrogen-bond donors (Lipinski definition) is 3. The van der Waals surface area contributed by atoms with Gasteiger partial charge in [-0.25, -0.2) is 0 Å². The molecular formula is C19H18Br2N2O3S. The molecule has 2 aromatic carbocycles. The number of nitrogens with one attached hydrogen (secondary N) is 2. The van der Waals surface area contributed by atoms with Crippen molar-refractivity contribution in [2.75, 3.05) is 12.4 Å². The molecule has 2 aromatic rings. The van der Waals surface area contributed by atoms with Gasteiger partial charge in [-0.15, -0.1) is 0 Å². The fourth-order valence-electron chi connectivity index (χ4n) is 2.57. The van der Waals surface area contributed by atoms with Crippen LogP contribution in [0.2, 0.25) is 0 Å². The number of rotatable bonds is 5. The normalized spacial score (nSPS) is 17.9. The van der Waals surface area contributed by atoms with Gasteiger partial charge in [-0.3, -0.25) is 4.79 Å². The Morgan fingerprint density at radius 3 is 2.63 bits per heavy atom. The van der Waals surface area contributed by atoms with E-state index in [0.29, 0.717) is 19.6 Å². The summed E-state index contributed by atoms with van der Waals surface area (Å²) in [6.07, 6.45) is 2.75. The average Bonchev–Trinajstić information content (AvgIpc) is 3.01. The predicted molar refractivity (Wildman–Crippen MR) is 117 cm³/mol. The van der Waals surface area contributed by atoms with Crippen molar-refractivity contribution in [1.82, 2.24) is 5.32 Å². The molecule has 1 aliphatic rings. The Balaban J connectivity index is 1.80. The number of phenolic OH excluding ortho intramolecular Hbond substituents is 1. The molecule has 1 amide bonds. The minimum atomic E-state index is -0.252. The van der Waals surface area contributed by atoms with Crippen molar-refractivity contribution in [2.24, 2.45) is 0 Å². The number of anilines is 1. The third-order valence-corrected chi connectivity index (χ3v) is 7.26. The number of methoxy groups -OCH3 is 1. The van der Waals surface area contributed by atoms with Gasteiger partial charge in [0.25, 0.3) is 5.91 Å². The highest BCUT2D eigenvalue weighted by atomic mass is 79.9. The third-order valence-electron chi connectivity index (χ3n) is 4.07. The van der Waals surface area contributed by atoms with E-state index in [1.807, 2.05) is 12.1 Å². The summed E-state index contributed by atoms with van der Waals surface area (Å²) in [7, 11) is 1.48. The van der Waals surface area contributed by atoms with Crippen LogP contribution in [0.25, 0.3) is 6.08 Å². The van der Waals surface area contributed by atoms with Gasteiger partial charge in [-0.05, 0) is 73.7 Å². The topological polar surface area (TPSA) is 70.6 Å². The maximum absolute atomic E-state index is 12.3. The fraction of sp³-hybridized carbons (Fsp3) is 0.211. The zero-order valence-corrected chi connectivity index (χ0v) is 18.7. The standard InChI is InChI=1S/C19H18Br2N2O3S/c1-3-10-4-6-12(7-5-10)22-19-23-18(25)14(27-19)9-11-8-13(26-2)17(24)16(21)15(11)20/h4-9,19,22,24H,3H2,1-2H3,(H,23,25)/b14-9-/t19-/m1/s1. The molecule has 1 fully saturated rings. The first-order chi connectivity index (χ1) is 12.9. The maximum Gasteiger partial charge on any atom is 0.260 e. The van der Waals surface area contributed by atoms with Gasteiger partial charge in [0.1, 0.15) is 0 Å². The van der Waals surface area contributed by atoms with E-state index in [4.69, 9.17) is 4.74 Å². The summed E-state index contributed by atoms with van der Waals surface area (Å²) >= 11 is 8.17. The average molecular weight is 514 g/mol. The molecule has 8 heteroatoms. The van der Waals surface area contributed by atoms with Crippen molar-refractivity contribution in [1.29, 1.82) is 0 Å². The molecule has 0 aromatic heterocycles. The maximum atomic E-state index is 12.3. The lowest BCUT2D eigenvalue weighted by atomic mass is 10.1. The van der Waals surface area contributed by atoms with Crippen LogP contribution in [0.15, 0.2) is 44.2 Å². The lowest BCUT2D eigenvalue weighted by Crippen LogP contribution is -2.30. The summed E-state index contributed by atoms with van der Waals surface area (Å²) in [5.74, 6) is 0.175. The lowest BCUT2D eigenvalue weighted by Gasteiger charge is -2.13. The second-order valence-corrected chi connectivity index (χ2v) is 8.55. The van der Waals surface area contributed by atoms with Crippen LogP contribution in [0.1, 0.15) is 18.1 Å². The molecule has 3 rings (SSSR count). The van der Waals surface area contributed by atoms with Crippen LogP contribution < -0.4 is 15.4 Å². The molecule has 142 valence electrons. The van der Waals surface area contributed by atoms with Gasteiger partial charge in [0, 0.05) is 10.2 Å². The van der Waals surface area contributed by atoms with E-state index in [2.05, 4.69) is 61.5 Å². The SMILES string of the molecule is CCc1ccc(N[C@@H]2NC(=O)/C(=C/c3cc(OC)c(O)c(Br)c3Br)S2)cc1. The molecule has 5 nitrogen and oxygen atoms in total. The van der Waals surface area contributed by atoms with Crippen molar-refractivity contribution < 1.29 is 14.6 Å². The third kappa shape index (κ3) is 4.44. The Labute approximate surface area is 178 Å². The molecule has 0 bridgehead atoms. The highest BCUT2D eigenvalue weighted by molar-refractivity contribution is 9.13. The van der Waals surface area contributed by atoms with Crippen molar-refractivity contribution >= 4 is 61.3 Å². The Bertz CT molecular complexity index is 901. The largest absolute Gasteiger partial charge is 0.503 e. The van der Waals surface area contributed by atoms with E-state index in [0.717, 1.165) is 17.7 Å². The minimum Gasteiger partial charge on any atom is -0.503 e. The minimum absolute atomic E-state index is 0.00474. The van der Waals surface area contributed by atoms with E-state index >= 15 is 0 Å². The van der Waals surface area contributed by atoms with Gasteiger partial charge in [-0.2, -0.15) is 0 Å². The first kappa shape index (κ1) is 20.1. The molecule has 0 unspecified atom stereocenters. The Hall–Kier alpha value is -1.64. The first-order valence-corrected chi connectivity index (χ1v) is 10.7. The molecule has 1 heterocycles. The van der Waals surface area contributed by atoms with E-state index in [9.17, 15) is 9.90 Å². The zero-order chi connectivity index (χ0) is 19.6. The van der Waals surface area contributed by atoms with Crippen molar-refractivity contribution in [3.8, 4) is 11.5 Å². The predicted octanol–water partition coefficient (Wildman–Crippen LogP) is 5.09. The van der Waals surface area contributed by atoms with Crippen LogP contribution in [-0.2, 0) is 11.2 Å². The van der Waals surface area contributed by atoms with Gasteiger partial charge in [0.15, 0.2) is 17.0 Å². The van der Waals surface area contributed by atoms with Crippen LogP contribution >= 0.6 is 43.6 Å². The van der Waals surface area contributed by atoms with Crippen LogP contribution in [0, 0.1) is 0 Å². The molecule has 27 heavy (non-hydrogen) atoms. The van der Waals surface area contributed by atoms with Crippen LogP contribution in [0.3, 0.4) is 0 Å². The fourth-order valence-corrected chi connectivity index (χ4v) is 4.38.